The molecule has 0 aliphatic rings. The number of aryl methyl sites for hydroxylation is 1. The number of nitrogens with one attached hydrogen (secondary N) is 1. The van der Waals surface area contributed by atoms with Gasteiger partial charge in [0.2, 0.25) is 0 Å². The normalized spacial score (nSPS) is 10.9. The van der Waals surface area contributed by atoms with E-state index in [2.05, 4.69) is 27.4 Å². The van der Waals surface area contributed by atoms with Crippen molar-refractivity contribution in [3.63, 3.8) is 0 Å². The van der Waals surface area contributed by atoms with Crippen molar-refractivity contribution in [3.8, 4) is 10.7 Å². The predicted octanol–water partition coefficient (Wildman–Crippen LogP) is 2.59. The molecule has 0 unspecified atom stereocenters. The van der Waals surface area contributed by atoms with Crippen LogP contribution in [0.25, 0.3) is 10.7 Å². The molecule has 4 nitrogen and oxygen atoms in total. The lowest BCUT2D eigenvalue weighted by atomic mass is 10.3. The molecule has 2 aromatic rings. The van der Waals surface area contributed by atoms with Crippen LogP contribution < -0.4 is 5.32 Å². The second-order valence-electron chi connectivity index (χ2n) is 3.73. The smallest absolute Gasteiger partial charge is 0.167 e. The third-order valence-corrected chi connectivity index (χ3v) is 3.88. The van der Waals surface area contributed by atoms with E-state index in [1.54, 1.807) is 22.7 Å². The summed E-state index contributed by atoms with van der Waals surface area (Å²) in [7, 11) is 0. The minimum atomic E-state index is 0.933. The van der Waals surface area contributed by atoms with Gasteiger partial charge >= 0.3 is 0 Å². The highest BCUT2D eigenvalue weighted by Crippen LogP contribution is 2.23. The average molecular weight is 268 g/mol. The van der Waals surface area contributed by atoms with Gasteiger partial charge in [-0.1, -0.05) is 18.3 Å². The maximum absolute atomic E-state index is 4.23. The fourth-order valence-electron chi connectivity index (χ4n) is 1.44. The second-order valence-corrected chi connectivity index (χ2v) is 5.51. The Kier molecular flexibility index (Phi) is 5.03. The van der Waals surface area contributed by atoms with Crippen molar-refractivity contribution in [3.05, 3.63) is 15.9 Å². The first kappa shape index (κ1) is 12.6. The highest BCUT2D eigenvalue weighted by molar-refractivity contribution is 7.15. The molecule has 2 rings (SSSR count). The lowest BCUT2D eigenvalue weighted by Crippen LogP contribution is -2.16. The fraction of sp³-hybridized carbons (Fsp3) is 0.545. The molecule has 0 fully saturated rings. The topological polar surface area (TPSA) is 50.7 Å². The first-order valence-corrected chi connectivity index (χ1v) is 7.57. The van der Waals surface area contributed by atoms with Gasteiger partial charge in [-0.15, -0.1) is 21.5 Å². The summed E-state index contributed by atoms with van der Waals surface area (Å²) < 4.78 is 0. The van der Waals surface area contributed by atoms with Gasteiger partial charge in [-0.3, -0.25) is 0 Å². The van der Waals surface area contributed by atoms with E-state index in [9.17, 15) is 0 Å². The van der Waals surface area contributed by atoms with Crippen molar-refractivity contribution in [2.24, 2.45) is 0 Å². The van der Waals surface area contributed by atoms with Crippen molar-refractivity contribution in [1.82, 2.24) is 20.5 Å². The molecule has 0 saturated heterocycles. The first-order valence-electron chi connectivity index (χ1n) is 5.82. The lowest BCUT2D eigenvalue weighted by molar-refractivity contribution is 0.637. The van der Waals surface area contributed by atoms with E-state index in [4.69, 9.17) is 0 Å². The number of rotatable bonds is 7. The fourth-order valence-corrected chi connectivity index (χ4v) is 2.90. The van der Waals surface area contributed by atoms with Gasteiger partial charge < -0.3 is 5.32 Å². The average Bonchev–Trinajstić information content (AvgIpc) is 2.99. The van der Waals surface area contributed by atoms with Crippen LogP contribution in [-0.4, -0.2) is 28.3 Å². The van der Waals surface area contributed by atoms with Crippen LogP contribution in [0, 0.1) is 0 Å². The Balaban J connectivity index is 1.79. The maximum Gasteiger partial charge on any atom is 0.167 e. The molecular formula is C11H16N4S2. The third kappa shape index (κ3) is 3.83. The zero-order valence-corrected chi connectivity index (χ0v) is 11.5. The van der Waals surface area contributed by atoms with E-state index >= 15 is 0 Å². The van der Waals surface area contributed by atoms with Gasteiger partial charge in [0.05, 0.1) is 5.51 Å². The minimum Gasteiger partial charge on any atom is -0.317 e. The molecule has 0 aromatic carbocycles. The molecule has 17 heavy (non-hydrogen) atoms. The maximum atomic E-state index is 4.23. The van der Waals surface area contributed by atoms with Crippen molar-refractivity contribution in [2.45, 2.75) is 26.2 Å². The van der Waals surface area contributed by atoms with Crippen molar-refractivity contribution in [1.29, 1.82) is 0 Å². The molecule has 92 valence electrons. The van der Waals surface area contributed by atoms with Crippen LogP contribution in [0.4, 0.5) is 0 Å². The number of nitrogens with zero attached hydrogens (tertiary/aromatic N) is 3. The number of thiazole rings is 1. The largest absolute Gasteiger partial charge is 0.317 e. The van der Waals surface area contributed by atoms with Crippen molar-refractivity contribution >= 4 is 22.7 Å². The Morgan fingerprint density at radius 1 is 1.29 bits per heavy atom. The highest BCUT2D eigenvalue weighted by Gasteiger charge is 2.07. The van der Waals surface area contributed by atoms with Crippen LogP contribution >= 0.6 is 22.7 Å². The summed E-state index contributed by atoms with van der Waals surface area (Å²) in [4.78, 5) is 4.23. The SMILES string of the molecule is CCCNCCCc1nnc(-c2cscn2)s1. The first-order chi connectivity index (χ1) is 8.40. The van der Waals surface area contributed by atoms with Crippen LogP contribution in [0.1, 0.15) is 24.8 Å². The molecule has 0 bridgehead atoms. The van der Waals surface area contributed by atoms with E-state index in [0.29, 0.717) is 0 Å². The van der Waals surface area contributed by atoms with E-state index in [0.717, 1.165) is 41.6 Å². The van der Waals surface area contributed by atoms with Gasteiger partial charge in [0, 0.05) is 11.8 Å². The van der Waals surface area contributed by atoms with Crippen molar-refractivity contribution in [2.75, 3.05) is 13.1 Å². The molecular weight excluding hydrogens is 252 g/mol. The van der Waals surface area contributed by atoms with Crippen LogP contribution in [0.3, 0.4) is 0 Å². The van der Waals surface area contributed by atoms with Gasteiger partial charge in [0.1, 0.15) is 10.7 Å². The van der Waals surface area contributed by atoms with E-state index in [1.807, 2.05) is 10.9 Å². The molecule has 0 aliphatic carbocycles. The quantitative estimate of drug-likeness (QED) is 0.784. The van der Waals surface area contributed by atoms with E-state index < -0.39 is 0 Å². The van der Waals surface area contributed by atoms with Gasteiger partial charge in [-0.25, -0.2) is 4.98 Å². The Morgan fingerprint density at radius 2 is 2.24 bits per heavy atom. The molecule has 0 radical (unpaired) electrons. The second kappa shape index (κ2) is 6.78. The summed E-state index contributed by atoms with van der Waals surface area (Å²) in [6.07, 6.45) is 3.30. The molecule has 0 saturated carbocycles. The van der Waals surface area contributed by atoms with Crippen LogP contribution in [0.2, 0.25) is 0 Å². The molecule has 2 heterocycles. The Labute approximate surface area is 109 Å². The molecule has 6 heteroatoms. The predicted molar refractivity (Wildman–Crippen MR) is 72.5 cm³/mol. The summed E-state index contributed by atoms with van der Waals surface area (Å²) in [5.41, 5.74) is 2.77. The van der Waals surface area contributed by atoms with Gasteiger partial charge in [-0.2, -0.15) is 0 Å². The molecule has 0 aliphatic heterocycles. The molecule has 0 spiro atoms. The molecule has 0 amide bonds. The van der Waals surface area contributed by atoms with Crippen LogP contribution in [-0.2, 0) is 6.42 Å². The zero-order valence-electron chi connectivity index (χ0n) is 9.85. The van der Waals surface area contributed by atoms with Gasteiger partial charge in [0.25, 0.3) is 0 Å². The number of aromatic nitrogens is 3. The van der Waals surface area contributed by atoms with E-state index in [-0.39, 0.29) is 0 Å². The standard InChI is InChI=1S/C11H16N4S2/c1-2-5-12-6-3-4-10-14-15-11(17-10)9-7-16-8-13-9/h7-8,12H,2-6H2,1H3. The number of hydrogen-bond donors (Lipinski definition) is 1. The number of hydrogen-bond acceptors (Lipinski definition) is 6. The summed E-state index contributed by atoms with van der Waals surface area (Å²) in [6, 6.07) is 0. The third-order valence-electron chi connectivity index (χ3n) is 2.29. The summed E-state index contributed by atoms with van der Waals surface area (Å²) in [6.45, 7) is 4.33. The summed E-state index contributed by atoms with van der Waals surface area (Å²) in [5.74, 6) is 0. The van der Waals surface area contributed by atoms with Gasteiger partial charge in [0.15, 0.2) is 5.01 Å². The highest BCUT2D eigenvalue weighted by atomic mass is 32.1. The van der Waals surface area contributed by atoms with Crippen LogP contribution in [0.5, 0.6) is 0 Å². The molecule has 2 aromatic heterocycles. The zero-order chi connectivity index (χ0) is 11.9. The summed E-state index contributed by atoms with van der Waals surface area (Å²) in [5, 5.41) is 15.8. The van der Waals surface area contributed by atoms with Gasteiger partial charge in [-0.05, 0) is 25.9 Å². The van der Waals surface area contributed by atoms with E-state index in [1.165, 1.54) is 6.42 Å². The Bertz CT molecular complexity index is 424. The minimum absolute atomic E-state index is 0.933. The van der Waals surface area contributed by atoms with Crippen LogP contribution in [0.15, 0.2) is 10.9 Å². The Hall–Kier alpha value is -0.850. The lowest BCUT2D eigenvalue weighted by Gasteiger charge is -1.99. The summed E-state index contributed by atoms with van der Waals surface area (Å²) >= 11 is 3.24. The van der Waals surface area contributed by atoms with Crippen molar-refractivity contribution < 1.29 is 0 Å². The molecule has 0 atom stereocenters. The monoisotopic (exact) mass is 268 g/mol. The molecule has 1 N–H and O–H groups in total. The Morgan fingerprint density at radius 3 is 3.00 bits per heavy atom.